The predicted molar refractivity (Wildman–Crippen MR) is 107 cm³/mol. The van der Waals surface area contributed by atoms with Crippen LogP contribution in [0.2, 0.25) is 0 Å². The van der Waals surface area contributed by atoms with Crippen LogP contribution >= 0.6 is 0 Å². The van der Waals surface area contributed by atoms with E-state index < -0.39 is 0 Å². The van der Waals surface area contributed by atoms with Gasteiger partial charge in [0.05, 0.1) is 21.3 Å². The van der Waals surface area contributed by atoms with Crippen LogP contribution in [0.25, 0.3) is 0 Å². The van der Waals surface area contributed by atoms with E-state index >= 15 is 0 Å². The number of aryl methyl sites for hydroxylation is 1. The Morgan fingerprint density at radius 2 is 1.52 bits per heavy atom. The van der Waals surface area contributed by atoms with Crippen LogP contribution in [0.1, 0.15) is 42.9 Å². The third-order valence-corrected chi connectivity index (χ3v) is 4.55. The summed E-state index contributed by atoms with van der Waals surface area (Å²) in [7, 11) is 4.75. The maximum absolute atomic E-state index is 12.2. The van der Waals surface area contributed by atoms with Crippen molar-refractivity contribution in [1.29, 1.82) is 0 Å². The zero-order valence-corrected chi connectivity index (χ0v) is 16.8. The number of rotatable bonds is 9. The Balaban J connectivity index is 1.93. The first-order valence-corrected chi connectivity index (χ1v) is 9.12. The van der Waals surface area contributed by atoms with Crippen molar-refractivity contribution in [2.24, 2.45) is 0 Å². The van der Waals surface area contributed by atoms with Crippen LogP contribution in [-0.2, 0) is 17.8 Å². The van der Waals surface area contributed by atoms with Crippen LogP contribution in [0.5, 0.6) is 17.2 Å². The summed E-state index contributed by atoms with van der Waals surface area (Å²) in [6, 6.07) is 12.0. The van der Waals surface area contributed by atoms with Gasteiger partial charge in [0.15, 0.2) is 11.5 Å². The smallest absolute Gasteiger partial charge is 0.220 e. The van der Waals surface area contributed by atoms with E-state index in [0.29, 0.717) is 42.6 Å². The molecule has 1 amide bonds. The molecule has 0 spiro atoms. The first-order valence-electron chi connectivity index (χ1n) is 9.12. The molecular formula is C22H29NO4. The maximum Gasteiger partial charge on any atom is 0.220 e. The lowest BCUT2D eigenvalue weighted by atomic mass is 10.0. The molecule has 0 fully saturated rings. The number of hydrogen-bond acceptors (Lipinski definition) is 4. The molecule has 0 aliphatic heterocycles. The quantitative estimate of drug-likeness (QED) is 0.721. The van der Waals surface area contributed by atoms with E-state index in [-0.39, 0.29) is 5.91 Å². The molecule has 5 nitrogen and oxygen atoms in total. The Morgan fingerprint density at radius 3 is 2.07 bits per heavy atom. The van der Waals surface area contributed by atoms with Gasteiger partial charge in [0.2, 0.25) is 5.91 Å². The van der Waals surface area contributed by atoms with Crippen molar-refractivity contribution in [2.75, 3.05) is 21.3 Å². The number of carbonyl (C=O) groups excluding carboxylic acids is 1. The Morgan fingerprint density at radius 1 is 0.926 bits per heavy atom. The molecule has 2 aromatic carbocycles. The average Bonchev–Trinajstić information content (AvgIpc) is 2.70. The topological polar surface area (TPSA) is 56.8 Å². The zero-order chi connectivity index (χ0) is 19.8. The first-order chi connectivity index (χ1) is 13.0. The largest absolute Gasteiger partial charge is 0.496 e. The molecule has 0 aromatic heterocycles. The third kappa shape index (κ3) is 5.64. The average molecular weight is 371 g/mol. The lowest BCUT2D eigenvalue weighted by molar-refractivity contribution is -0.121. The lowest BCUT2D eigenvalue weighted by Gasteiger charge is -2.14. The molecule has 0 aliphatic carbocycles. The molecule has 146 valence electrons. The Hall–Kier alpha value is -2.69. The van der Waals surface area contributed by atoms with Crippen molar-refractivity contribution in [3.63, 3.8) is 0 Å². The van der Waals surface area contributed by atoms with Gasteiger partial charge in [0.25, 0.3) is 0 Å². The minimum atomic E-state index is -0.000209. The van der Waals surface area contributed by atoms with Gasteiger partial charge in [0.1, 0.15) is 5.75 Å². The van der Waals surface area contributed by atoms with E-state index in [1.54, 1.807) is 27.4 Å². The highest BCUT2D eigenvalue weighted by Crippen LogP contribution is 2.34. The number of hydrogen-bond donors (Lipinski definition) is 1. The van der Waals surface area contributed by atoms with Crippen molar-refractivity contribution in [3.05, 3.63) is 53.1 Å². The van der Waals surface area contributed by atoms with Crippen molar-refractivity contribution >= 4 is 5.91 Å². The number of nitrogens with one attached hydrogen (secondary N) is 1. The summed E-state index contributed by atoms with van der Waals surface area (Å²) in [6.45, 7) is 4.71. The molecule has 27 heavy (non-hydrogen) atoms. The van der Waals surface area contributed by atoms with E-state index in [0.717, 1.165) is 5.56 Å². The normalized spacial score (nSPS) is 10.6. The summed E-state index contributed by atoms with van der Waals surface area (Å²) < 4.78 is 16.0. The molecule has 0 saturated heterocycles. The molecular weight excluding hydrogens is 342 g/mol. The number of carbonyl (C=O) groups is 1. The highest BCUT2D eigenvalue weighted by Gasteiger charge is 2.13. The van der Waals surface area contributed by atoms with Crippen LogP contribution in [0.15, 0.2) is 36.4 Å². The fraction of sp³-hybridized carbons (Fsp3) is 0.409. The van der Waals surface area contributed by atoms with E-state index in [2.05, 4.69) is 43.4 Å². The number of ether oxygens (including phenoxy) is 3. The summed E-state index contributed by atoms with van der Waals surface area (Å²) in [5.41, 5.74) is 3.31. The minimum Gasteiger partial charge on any atom is -0.496 e. The molecule has 0 radical (unpaired) electrons. The van der Waals surface area contributed by atoms with E-state index in [4.69, 9.17) is 14.2 Å². The SMILES string of the molecule is COc1cc(OC)c(OC)cc1CNC(=O)CCc1ccc(C(C)C)cc1. The molecule has 2 aromatic rings. The van der Waals surface area contributed by atoms with Gasteiger partial charge in [-0.05, 0) is 29.5 Å². The summed E-state index contributed by atoms with van der Waals surface area (Å²) in [5.74, 6) is 2.36. The Bertz CT molecular complexity index is 754. The fourth-order valence-electron chi connectivity index (χ4n) is 2.84. The van der Waals surface area contributed by atoms with Gasteiger partial charge in [-0.1, -0.05) is 38.1 Å². The van der Waals surface area contributed by atoms with Crippen LogP contribution < -0.4 is 19.5 Å². The Labute approximate surface area is 161 Å². The van der Waals surface area contributed by atoms with Gasteiger partial charge >= 0.3 is 0 Å². The Kier molecular flexibility index (Phi) is 7.53. The maximum atomic E-state index is 12.2. The van der Waals surface area contributed by atoms with Crippen molar-refractivity contribution in [2.45, 2.75) is 39.2 Å². The van der Waals surface area contributed by atoms with Gasteiger partial charge < -0.3 is 19.5 Å². The highest BCUT2D eigenvalue weighted by molar-refractivity contribution is 5.76. The van der Waals surface area contributed by atoms with Crippen molar-refractivity contribution in [3.8, 4) is 17.2 Å². The second-order valence-corrected chi connectivity index (χ2v) is 6.69. The van der Waals surface area contributed by atoms with Crippen LogP contribution in [-0.4, -0.2) is 27.2 Å². The molecule has 0 bridgehead atoms. The van der Waals surface area contributed by atoms with Gasteiger partial charge in [-0.15, -0.1) is 0 Å². The van der Waals surface area contributed by atoms with Gasteiger partial charge in [0, 0.05) is 24.6 Å². The predicted octanol–water partition coefficient (Wildman–Crippen LogP) is 4.08. The molecule has 0 saturated carbocycles. The summed E-state index contributed by atoms with van der Waals surface area (Å²) >= 11 is 0. The number of amides is 1. The third-order valence-electron chi connectivity index (χ3n) is 4.55. The molecule has 0 aliphatic rings. The molecule has 0 unspecified atom stereocenters. The second-order valence-electron chi connectivity index (χ2n) is 6.69. The molecule has 0 heterocycles. The zero-order valence-electron chi connectivity index (χ0n) is 16.8. The van der Waals surface area contributed by atoms with E-state index in [1.807, 2.05) is 6.07 Å². The van der Waals surface area contributed by atoms with E-state index in [9.17, 15) is 4.79 Å². The van der Waals surface area contributed by atoms with Gasteiger partial charge in [-0.25, -0.2) is 0 Å². The van der Waals surface area contributed by atoms with Crippen molar-refractivity contribution < 1.29 is 19.0 Å². The van der Waals surface area contributed by atoms with Gasteiger partial charge in [-0.3, -0.25) is 4.79 Å². The summed E-state index contributed by atoms with van der Waals surface area (Å²) in [6.07, 6.45) is 1.16. The van der Waals surface area contributed by atoms with Crippen molar-refractivity contribution in [1.82, 2.24) is 5.32 Å². The van der Waals surface area contributed by atoms with Crippen LogP contribution in [0, 0.1) is 0 Å². The summed E-state index contributed by atoms with van der Waals surface area (Å²) in [4.78, 5) is 12.2. The minimum absolute atomic E-state index is 0.000209. The van der Waals surface area contributed by atoms with E-state index in [1.165, 1.54) is 11.1 Å². The molecule has 5 heteroatoms. The van der Waals surface area contributed by atoms with Gasteiger partial charge in [-0.2, -0.15) is 0 Å². The lowest BCUT2D eigenvalue weighted by Crippen LogP contribution is -2.23. The highest BCUT2D eigenvalue weighted by atomic mass is 16.5. The van der Waals surface area contributed by atoms with Crippen LogP contribution in [0.3, 0.4) is 0 Å². The monoisotopic (exact) mass is 371 g/mol. The number of benzene rings is 2. The van der Waals surface area contributed by atoms with Crippen LogP contribution in [0.4, 0.5) is 0 Å². The second kappa shape index (κ2) is 9.86. The molecule has 0 atom stereocenters. The summed E-state index contributed by atoms with van der Waals surface area (Å²) in [5, 5.41) is 2.95. The first kappa shape index (κ1) is 20.6. The molecule has 1 N–H and O–H groups in total. The molecule has 2 rings (SSSR count). The standard InChI is InChI=1S/C22H29NO4/c1-15(2)17-9-6-16(7-10-17)8-11-22(24)23-14-18-12-20(26-4)21(27-5)13-19(18)25-3/h6-7,9-10,12-13,15H,8,11,14H2,1-5H3,(H,23,24). The number of methoxy groups -OCH3 is 3. The fourth-order valence-corrected chi connectivity index (χ4v) is 2.84.